The van der Waals surface area contributed by atoms with E-state index < -0.39 is 5.72 Å². The van der Waals surface area contributed by atoms with Crippen LogP contribution in [-0.2, 0) is 17.8 Å². The summed E-state index contributed by atoms with van der Waals surface area (Å²) in [4.78, 5) is 9.26. The van der Waals surface area contributed by atoms with Gasteiger partial charge in [-0.15, -0.1) is 0 Å². The second kappa shape index (κ2) is 7.92. The molecule has 3 atom stereocenters. The zero-order valence-corrected chi connectivity index (χ0v) is 18.4. The van der Waals surface area contributed by atoms with Crippen molar-refractivity contribution < 1.29 is 9.47 Å². The number of halogens is 1. The first kappa shape index (κ1) is 20.5. The Morgan fingerprint density at radius 2 is 2.13 bits per heavy atom. The Kier molecular flexibility index (Phi) is 5.22. The molecule has 0 amide bonds. The molecule has 6 rings (SSSR count). The van der Waals surface area contributed by atoms with Crippen LogP contribution in [0.4, 0.5) is 0 Å². The van der Waals surface area contributed by atoms with E-state index in [2.05, 4.69) is 32.0 Å². The van der Waals surface area contributed by atoms with Crippen LogP contribution in [0, 0.1) is 11.3 Å². The predicted octanol–water partition coefficient (Wildman–Crippen LogP) is 2.53. The summed E-state index contributed by atoms with van der Waals surface area (Å²) in [5, 5.41) is 14.3. The number of nitriles is 1. The van der Waals surface area contributed by atoms with Gasteiger partial charge in [-0.25, -0.2) is 4.98 Å². The van der Waals surface area contributed by atoms with E-state index in [1.54, 1.807) is 13.3 Å². The van der Waals surface area contributed by atoms with Crippen molar-refractivity contribution in [3.63, 3.8) is 0 Å². The first-order valence-electron chi connectivity index (χ1n) is 10.5. The number of piperazine rings is 1. The normalized spacial score (nSPS) is 27.4. The van der Waals surface area contributed by atoms with E-state index in [1.165, 1.54) is 6.42 Å². The van der Waals surface area contributed by atoms with Crippen LogP contribution < -0.4 is 4.74 Å². The molecule has 31 heavy (non-hydrogen) atoms. The highest BCUT2D eigenvalue weighted by molar-refractivity contribution is 6.31. The lowest BCUT2D eigenvalue weighted by Gasteiger charge is -2.60. The molecule has 0 aromatic carbocycles. The van der Waals surface area contributed by atoms with Crippen molar-refractivity contribution in [3.8, 4) is 11.9 Å². The fraction of sp³-hybridized carbons (Fsp3) is 0.500. The maximum absolute atomic E-state index is 9.30. The molecular weight excluding hydrogens is 416 g/mol. The van der Waals surface area contributed by atoms with Crippen molar-refractivity contribution in [1.29, 1.82) is 5.26 Å². The fourth-order valence-corrected chi connectivity index (χ4v) is 5.33. The third-order valence-electron chi connectivity index (χ3n) is 6.58. The van der Waals surface area contributed by atoms with Gasteiger partial charge in [-0.1, -0.05) is 11.6 Å². The molecule has 2 bridgehead atoms. The Bertz CT molecular complexity index is 1050. The van der Waals surface area contributed by atoms with Gasteiger partial charge >= 0.3 is 0 Å². The zero-order valence-electron chi connectivity index (χ0n) is 17.7. The van der Waals surface area contributed by atoms with Gasteiger partial charge in [0.05, 0.1) is 31.1 Å². The standard InChI is InChI=1S/C22H25ClN6O2/c1-3-31-22(5-4-20-16(8-24)10-26-29(20)14-22)27-12-17-7-18(13-27)28(17)11-15-6-19(23)21(30-2)25-9-15/h4-6,9-10,17-18H,3,7,11-14H2,1-2H3. The predicted molar refractivity (Wildman–Crippen MR) is 115 cm³/mol. The van der Waals surface area contributed by atoms with Crippen molar-refractivity contribution in [2.75, 3.05) is 26.8 Å². The Labute approximate surface area is 186 Å². The Morgan fingerprint density at radius 3 is 2.81 bits per heavy atom. The number of hydrogen-bond acceptors (Lipinski definition) is 7. The Balaban J connectivity index is 1.31. The largest absolute Gasteiger partial charge is 0.480 e. The first-order valence-corrected chi connectivity index (χ1v) is 10.9. The lowest BCUT2D eigenvalue weighted by Crippen LogP contribution is -2.72. The van der Waals surface area contributed by atoms with Gasteiger partial charge in [0.2, 0.25) is 5.88 Å². The van der Waals surface area contributed by atoms with Crippen LogP contribution in [0.1, 0.15) is 30.2 Å². The van der Waals surface area contributed by atoms with Crippen molar-refractivity contribution in [3.05, 3.63) is 46.4 Å². The molecule has 2 aromatic heterocycles. The molecule has 4 aliphatic rings. The van der Waals surface area contributed by atoms with Crippen LogP contribution in [0.3, 0.4) is 0 Å². The van der Waals surface area contributed by atoms with Gasteiger partial charge in [-0.3, -0.25) is 14.5 Å². The molecule has 0 saturated carbocycles. The lowest BCUT2D eigenvalue weighted by molar-refractivity contribution is -0.188. The third-order valence-corrected chi connectivity index (χ3v) is 6.85. The smallest absolute Gasteiger partial charge is 0.232 e. The molecular formula is C22H25ClN6O2. The molecule has 3 saturated heterocycles. The molecule has 0 spiro atoms. The summed E-state index contributed by atoms with van der Waals surface area (Å²) in [5.41, 5.74) is 2.01. The SMILES string of the molecule is CCOC1(N2CC3CC(C2)N3Cc2cnc(OC)c(Cl)c2)C=Cc2c(C#N)cnn2C1. The highest BCUT2D eigenvalue weighted by Crippen LogP contribution is 2.39. The van der Waals surface area contributed by atoms with Crippen LogP contribution >= 0.6 is 11.6 Å². The quantitative estimate of drug-likeness (QED) is 0.682. The van der Waals surface area contributed by atoms with E-state index >= 15 is 0 Å². The molecule has 2 aromatic rings. The summed E-state index contributed by atoms with van der Waals surface area (Å²) < 4.78 is 13.4. The summed E-state index contributed by atoms with van der Waals surface area (Å²) in [6, 6.07) is 5.07. The molecule has 0 aliphatic carbocycles. The molecule has 0 N–H and O–H groups in total. The molecule has 162 valence electrons. The molecule has 6 heterocycles. The van der Waals surface area contributed by atoms with E-state index in [4.69, 9.17) is 21.1 Å². The Hall–Kier alpha value is -2.44. The van der Waals surface area contributed by atoms with Crippen LogP contribution in [0.15, 0.2) is 24.5 Å². The van der Waals surface area contributed by atoms with Gasteiger partial charge in [0.1, 0.15) is 11.1 Å². The number of piperidine rings is 1. The number of pyridine rings is 1. The third kappa shape index (κ3) is 3.42. The van der Waals surface area contributed by atoms with E-state index in [9.17, 15) is 5.26 Å². The van der Waals surface area contributed by atoms with Crippen LogP contribution in [0.2, 0.25) is 5.02 Å². The lowest BCUT2D eigenvalue weighted by atomic mass is 9.85. The summed E-state index contributed by atoms with van der Waals surface area (Å²) in [5.74, 6) is 0.459. The maximum atomic E-state index is 9.30. The molecule has 4 aliphatic heterocycles. The number of hydrogen-bond donors (Lipinski definition) is 0. The van der Waals surface area contributed by atoms with Gasteiger partial charge in [-0.2, -0.15) is 10.4 Å². The number of fused-ring (bicyclic) bond motifs is 3. The number of nitrogens with zero attached hydrogens (tertiary/aromatic N) is 6. The van der Waals surface area contributed by atoms with E-state index in [1.807, 2.05) is 29.9 Å². The highest BCUT2D eigenvalue weighted by atomic mass is 35.5. The first-order chi connectivity index (χ1) is 15.1. The van der Waals surface area contributed by atoms with Crippen molar-refractivity contribution >= 4 is 17.7 Å². The second-order valence-electron chi connectivity index (χ2n) is 8.28. The maximum Gasteiger partial charge on any atom is 0.232 e. The summed E-state index contributed by atoms with van der Waals surface area (Å²) in [7, 11) is 1.57. The summed E-state index contributed by atoms with van der Waals surface area (Å²) >= 11 is 6.26. The van der Waals surface area contributed by atoms with Crippen LogP contribution in [-0.4, -0.2) is 69.2 Å². The monoisotopic (exact) mass is 440 g/mol. The van der Waals surface area contributed by atoms with Crippen molar-refractivity contribution in [2.45, 2.75) is 44.2 Å². The summed E-state index contributed by atoms with van der Waals surface area (Å²) in [6.45, 7) is 5.88. The number of rotatable bonds is 6. The Morgan fingerprint density at radius 1 is 1.32 bits per heavy atom. The number of methoxy groups -OCH3 is 1. The van der Waals surface area contributed by atoms with Gasteiger partial charge < -0.3 is 9.47 Å². The minimum Gasteiger partial charge on any atom is -0.480 e. The highest BCUT2D eigenvalue weighted by Gasteiger charge is 2.51. The van der Waals surface area contributed by atoms with E-state index in [-0.39, 0.29) is 0 Å². The minimum atomic E-state index is -0.533. The molecule has 8 nitrogen and oxygen atoms in total. The molecule has 9 heteroatoms. The van der Waals surface area contributed by atoms with E-state index in [0.29, 0.717) is 41.7 Å². The number of aromatic nitrogens is 3. The van der Waals surface area contributed by atoms with E-state index in [0.717, 1.165) is 30.9 Å². The van der Waals surface area contributed by atoms with Gasteiger partial charge in [-0.05, 0) is 37.1 Å². The number of ether oxygens (including phenoxy) is 2. The minimum absolute atomic E-state index is 0.457. The average molecular weight is 441 g/mol. The van der Waals surface area contributed by atoms with Crippen LogP contribution in [0.5, 0.6) is 5.88 Å². The van der Waals surface area contributed by atoms with Gasteiger partial charge in [0.15, 0.2) is 5.72 Å². The van der Waals surface area contributed by atoms with Gasteiger partial charge in [0.25, 0.3) is 0 Å². The molecule has 3 fully saturated rings. The zero-order chi connectivity index (χ0) is 21.6. The van der Waals surface area contributed by atoms with Crippen molar-refractivity contribution in [1.82, 2.24) is 24.6 Å². The van der Waals surface area contributed by atoms with Crippen molar-refractivity contribution in [2.24, 2.45) is 0 Å². The summed E-state index contributed by atoms with van der Waals surface area (Å²) in [6.07, 6.45) is 8.74. The van der Waals surface area contributed by atoms with Crippen LogP contribution in [0.25, 0.3) is 6.08 Å². The average Bonchev–Trinajstić information content (AvgIpc) is 3.20. The molecule has 0 radical (unpaired) electrons. The molecule has 3 unspecified atom stereocenters. The second-order valence-corrected chi connectivity index (χ2v) is 8.69. The van der Waals surface area contributed by atoms with Gasteiger partial charge in [0, 0.05) is 44.5 Å². The fourth-order valence-electron chi connectivity index (χ4n) is 5.07. The topological polar surface area (TPSA) is 79.4 Å².